The second-order valence-electron chi connectivity index (χ2n) is 6.15. The van der Waals surface area contributed by atoms with Crippen LogP contribution in [0, 0.1) is 5.41 Å². The van der Waals surface area contributed by atoms with Crippen LogP contribution in [0.15, 0.2) is 22.7 Å². The van der Waals surface area contributed by atoms with Gasteiger partial charge in [0.15, 0.2) is 0 Å². The van der Waals surface area contributed by atoms with Gasteiger partial charge in [0.05, 0.1) is 0 Å². The fraction of sp³-hybridized carbons (Fsp3) is 0.600. The van der Waals surface area contributed by atoms with E-state index in [0.29, 0.717) is 5.41 Å². The smallest absolute Gasteiger partial charge is 0.0458 e. The molecular weight excluding hydrogens is 288 g/mol. The lowest BCUT2D eigenvalue weighted by atomic mass is 9.85. The third-order valence-corrected chi connectivity index (χ3v) is 4.59. The van der Waals surface area contributed by atoms with Gasteiger partial charge in [-0.15, -0.1) is 0 Å². The molecule has 1 aliphatic heterocycles. The fourth-order valence-corrected chi connectivity index (χ4v) is 2.99. The molecule has 1 aromatic carbocycles. The van der Waals surface area contributed by atoms with Crippen LogP contribution >= 0.6 is 15.9 Å². The Hall–Kier alpha value is -0.540. The van der Waals surface area contributed by atoms with Crippen molar-refractivity contribution in [1.29, 1.82) is 0 Å². The topological polar surface area (TPSA) is 29.3 Å². The fourth-order valence-electron chi connectivity index (χ4n) is 2.56. The van der Waals surface area contributed by atoms with Crippen molar-refractivity contribution in [3.63, 3.8) is 0 Å². The Bertz CT molecular complexity index is 415. The van der Waals surface area contributed by atoms with Crippen LogP contribution in [-0.2, 0) is 6.54 Å². The van der Waals surface area contributed by atoms with Gasteiger partial charge >= 0.3 is 0 Å². The highest BCUT2D eigenvalue weighted by Crippen LogP contribution is 2.30. The summed E-state index contributed by atoms with van der Waals surface area (Å²) in [7, 11) is 0. The number of nitrogens with two attached hydrogens (primary N) is 1. The molecule has 3 heteroatoms. The van der Waals surface area contributed by atoms with E-state index in [9.17, 15) is 0 Å². The van der Waals surface area contributed by atoms with E-state index in [-0.39, 0.29) is 0 Å². The molecule has 0 saturated carbocycles. The first-order chi connectivity index (χ1) is 8.46. The van der Waals surface area contributed by atoms with Crippen molar-refractivity contribution < 1.29 is 0 Å². The van der Waals surface area contributed by atoms with Crippen molar-refractivity contribution in [2.75, 3.05) is 18.8 Å². The van der Waals surface area contributed by atoms with Crippen LogP contribution in [0.2, 0.25) is 0 Å². The number of hydrogen-bond acceptors (Lipinski definition) is 2. The van der Waals surface area contributed by atoms with Crippen molar-refractivity contribution >= 4 is 21.6 Å². The molecule has 1 aromatic rings. The van der Waals surface area contributed by atoms with Gasteiger partial charge < -0.3 is 5.73 Å². The van der Waals surface area contributed by atoms with Crippen LogP contribution in [0.5, 0.6) is 0 Å². The minimum absolute atomic E-state index is 0.510. The Balaban J connectivity index is 1.98. The third kappa shape index (κ3) is 3.72. The number of nitrogens with zero attached hydrogens (tertiary/aromatic N) is 1. The molecule has 100 valence electrons. The number of hydrogen-bond donors (Lipinski definition) is 1. The molecule has 0 unspecified atom stereocenters. The summed E-state index contributed by atoms with van der Waals surface area (Å²) >= 11 is 3.50. The lowest BCUT2D eigenvalue weighted by molar-refractivity contribution is 0.256. The molecule has 0 spiro atoms. The summed E-state index contributed by atoms with van der Waals surface area (Å²) in [5, 5.41) is 0. The lowest BCUT2D eigenvalue weighted by Gasteiger charge is -2.23. The van der Waals surface area contributed by atoms with Crippen molar-refractivity contribution in [3.8, 4) is 0 Å². The quantitative estimate of drug-likeness (QED) is 0.835. The number of rotatable bonds is 2. The maximum Gasteiger partial charge on any atom is 0.0458 e. The zero-order valence-corrected chi connectivity index (χ0v) is 13.0. The summed E-state index contributed by atoms with van der Waals surface area (Å²) in [6.07, 6.45) is 3.95. The second kappa shape index (κ2) is 5.62. The van der Waals surface area contributed by atoms with E-state index >= 15 is 0 Å². The van der Waals surface area contributed by atoms with Gasteiger partial charge in [-0.05, 0) is 71.4 Å². The van der Waals surface area contributed by atoms with Crippen molar-refractivity contribution in [1.82, 2.24) is 4.90 Å². The number of halogens is 1. The number of benzene rings is 1. The zero-order valence-electron chi connectivity index (χ0n) is 11.4. The summed E-state index contributed by atoms with van der Waals surface area (Å²) in [5.41, 5.74) is 8.49. The lowest BCUT2D eigenvalue weighted by Crippen LogP contribution is -2.25. The second-order valence-corrected chi connectivity index (χ2v) is 7.00. The summed E-state index contributed by atoms with van der Waals surface area (Å²) in [4.78, 5) is 2.56. The molecule has 0 aliphatic carbocycles. The molecule has 2 nitrogen and oxygen atoms in total. The Morgan fingerprint density at radius 2 is 2.06 bits per heavy atom. The van der Waals surface area contributed by atoms with Gasteiger partial charge in [0.2, 0.25) is 0 Å². The number of likely N-dealkylation sites (tertiary alicyclic amines) is 1. The third-order valence-electron chi connectivity index (χ3n) is 3.90. The summed E-state index contributed by atoms with van der Waals surface area (Å²) in [5.74, 6) is 0. The molecule has 2 rings (SSSR count). The van der Waals surface area contributed by atoms with Gasteiger partial charge in [0, 0.05) is 16.7 Å². The normalized spacial score (nSPS) is 20.6. The van der Waals surface area contributed by atoms with Gasteiger partial charge in [0.1, 0.15) is 0 Å². The summed E-state index contributed by atoms with van der Waals surface area (Å²) in [6, 6.07) is 6.27. The average molecular weight is 311 g/mol. The van der Waals surface area contributed by atoms with Gasteiger partial charge in [-0.3, -0.25) is 4.90 Å². The van der Waals surface area contributed by atoms with Crippen LogP contribution in [0.4, 0.5) is 5.69 Å². The number of anilines is 1. The summed E-state index contributed by atoms with van der Waals surface area (Å²) in [6.45, 7) is 8.22. The van der Waals surface area contributed by atoms with Gasteiger partial charge in [0.25, 0.3) is 0 Å². The molecule has 0 bridgehead atoms. The highest BCUT2D eigenvalue weighted by Gasteiger charge is 2.22. The minimum atomic E-state index is 0.510. The van der Waals surface area contributed by atoms with Crippen LogP contribution < -0.4 is 5.73 Å². The van der Waals surface area contributed by atoms with Crippen LogP contribution in [0.1, 0.15) is 38.7 Å². The molecule has 1 heterocycles. The van der Waals surface area contributed by atoms with E-state index in [1.807, 2.05) is 6.07 Å². The molecule has 18 heavy (non-hydrogen) atoms. The molecular formula is C15H23BrN2. The maximum atomic E-state index is 5.82. The Morgan fingerprint density at radius 3 is 2.78 bits per heavy atom. The first-order valence-electron chi connectivity index (χ1n) is 6.73. The van der Waals surface area contributed by atoms with E-state index in [4.69, 9.17) is 5.73 Å². The largest absolute Gasteiger partial charge is 0.398 e. The van der Waals surface area contributed by atoms with Crippen molar-refractivity contribution in [2.24, 2.45) is 5.41 Å². The highest BCUT2D eigenvalue weighted by atomic mass is 79.9. The first kappa shape index (κ1) is 13.9. The van der Waals surface area contributed by atoms with Crippen LogP contribution in [0.25, 0.3) is 0 Å². The SMILES string of the molecule is CC1(C)CCCN(Cc2ccc(N)c(Br)c2)CC1. The standard InChI is InChI=1S/C15H23BrN2/c1-15(2)6-3-8-18(9-7-15)11-12-4-5-14(17)13(16)10-12/h4-5,10H,3,6-9,11,17H2,1-2H3. The highest BCUT2D eigenvalue weighted by molar-refractivity contribution is 9.10. The molecule has 1 fully saturated rings. The van der Waals surface area contributed by atoms with E-state index < -0.39 is 0 Å². The zero-order chi connectivity index (χ0) is 13.2. The Labute approximate surface area is 119 Å². The van der Waals surface area contributed by atoms with E-state index in [2.05, 4.69) is 46.8 Å². The number of nitrogen functional groups attached to an aromatic ring is 1. The molecule has 0 radical (unpaired) electrons. The molecule has 0 amide bonds. The molecule has 2 N–H and O–H groups in total. The summed E-state index contributed by atoms with van der Waals surface area (Å²) < 4.78 is 1.01. The molecule has 0 atom stereocenters. The average Bonchev–Trinajstić information content (AvgIpc) is 2.46. The van der Waals surface area contributed by atoms with E-state index in [1.165, 1.54) is 37.9 Å². The van der Waals surface area contributed by atoms with E-state index in [1.54, 1.807) is 0 Å². The van der Waals surface area contributed by atoms with Crippen molar-refractivity contribution in [2.45, 2.75) is 39.7 Å². The Kier molecular flexibility index (Phi) is 4.33. The molecule has 1 aliphatic rings. The molecule has 0 aromatic heterocycles. The Morgan fingerprint density at radius 1 is 1.28 bits per heavy atom. The molecule has 1 saturated heterocycles. The van der Waals surface area contributed by atoms with Gasteiger partial charge in [-0.2, -0.15) is 0 Å². The van der Waals surface area contributed by atoms with Crippen LogP contribution in [0.3, 0.4) is 0 Å². The van der Waals surface area contributed by atoms with Gasteiger partial charge in [-0.25, -0.2) is 0 Å². The van der Waals surface area contributed by atoms with Crippen LogP contribution in [-0.4, -0.2) is 18.0 Å². The predicted molar refractivity (Wildman–Crippen MR) is 81.5 cm³/mol. The monoisotopic (exact) mass is 310 g/mol. The minimum Gasteiger partial charge on any atom is -0.398 e. The van der Waals surface area contributed by atoms with Crippen molar-refractivity contribution in [3.05, 3.63) is 28.2 Å². The first-order valence-corrected chi connectivity index (χ1v) is 7.52. The van der Waals surface area contributed by atoms with Gasteiger partial charge in [-0.1, -0.05) is 19.9 Å². The maximum absolute atomic E-state index is 5.82. The van der Waals surface area contributed by atoms with E-state index in [0.717, 1.165) is 16.7 Å². The predicted octanol–water partition coefficient (Wildman–Crippen LogP) is 4.04.